The highest BCUT2D eigenvalue weighted by Crippen LogP contribution is 2.05. The topological polar surface area (TPSA) is 109 Å². The normalized spacial score (nSPS) is 18.1. The van der Waals surface area contributed by atoms with Crippen molar-refractivity contribution < 1.29 is 23.9 Å². The van der Waals surface area contributed by atoms with E-state index in [9.17, 15) is 14.4 Å². The van der Waals surface area contributed by atoms with Gasteiger partial charge in [-0.15, -0.1) is 0 Å². The van der Waals surface area contributed by atoms with E-state index in [-0.39, 0.29) is 5.57 Å². The highest BCUT2D eigenvalue weighted by molar-refractivity contribution is 6.57. The first-order valence-electron chi connectivity index (χ1n) is 3.48. The first kappa shape index (κ1) is 9.82. The largest absolute Gasteiger partial charge is 0.466 e. The quantitative estimate of drug-likeness (QED) is 0.179. The Labute approximate surface area is 78.0 Å². The number of esters is 1. The van der Waals surface area contributed by atoms with Gasteiger partial charge in [-0.1, -0.05) is 0 Å². The molecule has 1 N–H and O–H groups in total. The van der Waals surface area contributed by atoms with Crippen LogP contribution < -0.4 is 5.32 Å². The molecule has 2 amide bonds. The fourth-order valence-corrected chi connectivity index (χ4v) is 0.869. The molecule has 0 spiro atoms. The number of hydrogen-bond acceptors (Lipinski definition) is 4. The number of amides is 2. The molecule has 0 aromatic heterocycles. The van der Waals surface area contributed by atoms with Crippen molar-refractivity contribution in [3.63, 3.8) is 0 Å². The fraction of sp³-hybridized carbons (Fsp3) is 0.143. The molecule has 72 valence electrons. The summed E-state index contributed by atoms with van der Waals surface area (Å²) in [6.45, 7) is 0. The number of hydrogen-bond donors (Lipinski definition) is 1. The Bertz CT molecular complexity index is 403. The standard InChI is InChI=1S/C7H5N3O4/c1-14-4(11)2-3-5(10-8)7(13)9-6(3)12/h2H,1H3,(H,9,12,13)/b3-2+. The summed E-state index contributed by atoms with van der Waals surface area (Å²) < 4.78 is 4.25. The van der Waals surface area contributed by atoms with Crippen molar-refractivity contribution in [3.05, 3.63) is 17.2 Å². The first-order valence-corrected chi connectivity index (χ1v) is 3.48. The monoisotopic (exact) mass is 195 g/mol. The highest BCUT2D eigenvalue weighted by Gasteiger charge is 2.40. The molecule has 1 aliphatic rings. The van der Waals surface area contributed by atoms with Gasteiger partial charge in [0.1, 0.15) is 5.57 Å². The maximum Gasteiger partial charge on any atom is 0.392 e. The zero-order valence-corrected chi connectivity index (χ0v) is 7.10. The molecule has 14 heavy (non-hydrogen) atoms. The van der Waals surface area contributed by atoms with Crippen molar-refractivity contribution in [1.82, 2.24) is 5.32 Å². The van der Waals surface area contributed by atoms with Crippen LogP contribution in [-0.2, 0) is 19.1 Å². The SMILES string of the molecule is COC(=O)/C=C1/C(=O)NC(=O)C1=[N+]=[N-]. The Hall–Kier alpha value is -2.27. The van der Waals surface area contributed by atoms with E-state index in [1.807, 2.05) is 5.32 Å². The van der Waals surface area contributed by atoms with Crippen molar-refractivity contribution in [1.29, 1.82) is 0 Å². The summed E-state index contributed by atoms with van der Waals surface area (Å²) in [4.78, 5) is 35.2. The number of rotatable bonds is 1. The second kappa shape index (κ2) is 3.63. The minimum atomic E-state index is -0.854. The third kappa shape index (κ3) is 1.57. The Balaban J connectivity index is 3.15. The van der Waals surface area contributed by atoms with Gasteiger partial charge in [0.2, 0.25) is 0 Å². The third-order valence-electron chi connectivity index (χ3n) is 1.51. The zero-order valence-electron chi connectivity index (χ0n) is 7.10. The predicted molar refractivity (Wildman–Crippen MR) is 41.9 cm³/mol. The summed E-state index contributed by atoms with van der Waals surface area (Å²) in [6.07, 6.45) is 0.773. The maximum absolute atomic E-state index is 11.0. The molecule has 0 unspecified atom stereocenters. The smallest absolute Gasteiger partial charge is 0.392 e. The van der Waals surface area contributed by atoms with Gasteiger partial charge in [-0.3, -0.25) is 14.9 Å². The van der Waals surface area contributed by atoms with Crippen LogP contribution in [0.1, 0.15) is 0 Å². The van der Waals surface area contributed by atoms with E-state index in [4.69, 9.17) is 5.53 Å². The number of nitrogens with zero attached hydrogens (tertiary/aromatic N) is 2. The molecule has 0 aromatic rings. The van der Waals surface area contributed by atoms with Crippen LogP contribution in [0.3, 0.4) is 0 Å². The summed E-state index contributed by atoms with van der Waals surface area (Å²) in [5.74, 6) is -2.47. The molecule has 0 radical (unpaired) electrons. The lowest BCUT2D eigenvalue weighted by Crippen LogP contribution is -2.22. The molecular weight excluding hydrogens is 190 g/mol. The maximum atomic E-state index is 11.0. The molecule has 0 aromatic carbocycles. The van der Waals surface area contributed by atoms with E-state index in [2.05, 4.69) is 9.53 Å². The van der Waals surface area contributed by atoms with Crippen LogP contribution in [0.15, 0.2) is 11.6 Å². The van der Waals surface area contributed by atoms with Crippen LogP contribution >= 0.6 is 0 Å². The molecule has 0 saturated carbocycles. The molecule has 1 rings (SSSR count). The van der Waals surface area contributed by atoms with E-state index in [1.165, 1.54) is 0 Å². The van der Waals surface area contributed by atoms with Gasteiger partial charge in [-0.2, -0.15) is 4.79 Å². The predicted octanol–water partition coefficient (Wildman–Crippen LogP) is -1.59. The first-order chi connectivity index (χ1) is 6.60. The Kier molecular flexibility index (Phi) is 2.54. The van der Waals surface area contributed by atoms with Gasteiger partial charge in [0, 0.05) is 6.08 Å². The molecule has 1 aliphatic heterocycles. The summed E-state index contributed by atoms with van der Waals surface area (Å²) >= 11 is 0. The molecule has 0 atom stereocenters. The number of nitrogens with one attached hydrogen (secondary N) is 1. The molecule has 0 bridgehead atoms. The van der Waals surface area contributed by atoms with Crippen molar-refractivity contribution >= 4 is 23.5 Å². The lowest BCUT2D eigenvalue weighted by molar-refractivity contribution is -0.135. The van der Waals surface area contributed by atoms with Crippen LogP contribution in [0, 0.1) is 0 Å². The number of carbonyl (C=O) groups excluding carboxylic acids is 3. The lowest BCUT2D eigenvalue weighted by atomic mass is 10.2. The van der Waals surface area contributed by atoms with Gasteiger partial charge in [0.15, 0.2) is 0 Å². The second-order valence-corrected chi connectivity index (χ2v) is 2.31. The minimum absolute atomic E-state index is 0.315. The Morgan fingerprint density at radius 3 is 2.64 bits per heavy atom. The summed E-state index contributed by atoms with van der Waals surface area (Å²) in [5, 5.41) is 1.85. The number of imide groups is 1. The molecule has 1 heterocycles. The van der Waals surface area contributed by atoms with E-state index in [1.54, 1.807) is 0 Å². The van der Waals surface area contributed by atoms with Crippen LogP contribution in [0.4, 0.5) is 0 Å². The van der Waals surface area contributed by atoms with Gasteiger partial charge < -0.3 is 10.3 Å². The van der Waals surface area contributed by atoms with E-state index in [0.29, 0.717) is 0 Å². The van der Waals surface area contributed by atoms with E-state index in [0.717, 1.165) is 13.2 Å². The lowest BCUT2D eigenvalue weighted by Gasteiger charge is -1.89. The van der Waals surface area contributed by atoms with Gasteiger partial charge in [-0.25, -0.2) is 4.79 Å². The molecule has 0 aliphatic carbocycles. The van der Waals surface area contributed by atoms with Gasteiger partial charge >= 0.3 is 17.6 Å². The highest BCUT2D eigenvalue weighted by atomic mass is 16.5. The summed E-state index contributed by atoms with van der Waals surface area (Å²) in [7, 11) is 1.11. The van der Waals surface area contributed by atoms with Crippen molar-refractivity contribution in [2.24, 2.45) is 0 Å². The molecule has 7 nitrogen and oxygen atoms in total. The third-order valence-corrected chi connectivity index (χ3v) is 1.51. The van der Waals surface area contributed by atoms with Gasteiger partial charge in [-0.05, 0) is 0 Å². The zero-order chi connectivity index (χ0) is 10.7. The van der Waals surface area contributed by atoms with Crippen LogP contribution in [-0.4, -0.2) is 35.4 Å². The average molecular weight is 195 g/mol. The summed E-state index contributed by atoms with van der Waals surface area (Å²) in [6, 6.07) is 0. The fourth-order valence-electron chi connectivity index (χ4n) is 0.869. The number of ether oxygens (including phenoxy) is 1. The average Bonchev–Trinajstić information content (AvgIpc) is 2.41. The second-order valence-electron chi connectivity index (χ2n) is 2.31. The van der Waals surface area contributed by atoms with Crippen LogP contribution in [0.25, 0.3) is 5.53 Å². The molecular formula is C7H5N3O4. The van der Waals surface area contributed by atoms with Crippen LogP contribution in [0.5, 0.6) is 0 Å². The van der Waals surface area contributed by atoms with Gasteiger partial charge in [0.05, 0.1) is 7.11 Å². The number of methoxy groups -OCH3 is 1. The van der Waals surface area contributed by atoms with Crippen molar-refractivity contribution in [2.75, 3.05) is 7.11 Å². The molecule has 1 saturated heterocycles. The summed E-state index contributed by atoms with van der Waals surface area (Å²) in [5.41, 5.74) is 7.58. The Morgan fingerprint density at radius 1 is 1.50 bits per heavy atom. The van der Waals surface area contributed by atoms with E-state index >= 15 is 0 Å². The molecule has 1 fully saturated rings. The van der Waals surface area contributed by atoms with Crippen molar-refractivity contribution in [3.8, 4) is 0 Å². The van der Waals surface area contributed by atoms with E-state index < -0.39 is 23.5 Å². The minimum Gasteiger partial charge on any atom is -0.466 e. The Morgan fingerprint density at radius 2 is 2.14 bits per heavy atom. The molecule has 7 heteroatoms. The van der Waals surface area contributed by atoms with Crippen molar-refractivity contribution in [2.45, 2.75) is 0 Å². The number of carbonyl (C=O) groups is 3. The van der Waals surface area contributed by atoms with Gasteiger partial charge in [0.25, 0.3) is 5.91 Å². The van der Waals surface area contributed by atoms with Crippen LogP contribution in [0.2, 0.25) is 0 Å².